The Kier molecular flexibility index (Phi) is 3.83. The van der Waals surface area contributed by atoms with Gasteiger partial charge in [-0.15, -0.1) is 0 Å². The van der Waals surface area contributed by atoms with Gasteiger partial charge in [-0.1, -0.05) is 12.1 Å². The van der Waals surface area contributed by atoms with Gasteiger partial charge in [-0.3, -0.25) is 9.88 Å². The molecule has 0 spiro atoms. The van der Waals surface area contributed by atoms with E-state index in [9.17, 15) is 13.2 Å². The average Bonchev–Trinajstić information content (AvgIpc) is 2.86. The number of alkyl halides is 3. The molecular weight excluding hydrogens is 387 g/mol. The molecule has 0 fully saturated rings. The van der Waals surface area contributed by atoms with E-state index in [0.29, 0.717) is 47.3 Å². The van der Waals surface area contributed by atoms with E-state index in [2.05, 4.69) is 15.3 Å². The molecule has 0 saturated carbocycles. The number of hydrogen-bond acceptors (Lipinski definition) is 6. The number of nitrogens with two attached hydrogens (primary N) is 1. The van der Waals surface area contributed by atoms with E-state index in [4.69, 9.17) is 15.2 Å². The topological polar surface area (TPSA) is 86.7 Å². The molecule has 1 atom stereocenters. The highest BCUT2D eigenvalue weighted by molar-refractivity contribution is 5.95. The number of fused-ring (bicyclic) bond motifs is 4. The van der Waals surface area contributed by atoms with E-state index in [1.807, 2.05) is 0 Å². The Morgan fingerprint density at radius 1 is 1.10 bits per heavy atom. The molecule has 0 radical (unpaired) electrons. The highest BCUT2D eigenvalue weighted by atomic mass is 19.4. The minimum Gasteiger partial charge on any atom is -0.489 e. The number of aromatic nitrogens is 2. The third kappa shape index (κ3) is 3.00. The Bertz CT molecular complexity index is 1140. The maximum absolute atomic E-state index is 13.2. The smallest absolute Gasteiger partial charge is 0.416 e. The number of nitrogens with zero attached hydrogens (tertiary/aromatic N) is 3. The van der Waals surface area contributed by atoms with Gasteiger partial charge in [0.2, 0.25) is 5.95 Å². The Morgan fingerprint density at radius 2 is 1.86 bits per heavy atom. The first-order valence-corrected chi connectivity index (χ1v) is 8.99. The molecule has 10 heteroatoms. The molecule has 2 aliphatic rings. The molecule has 3 aromatic rings. The Hall–Kier alpha value is -3.43. The predicted molar refractivity (Wildman–Crippen MR) is 100 cm³/mol. The van der Waals surface area contributed by atoms with Crippen LogP contribution in [0.1, 0.15) is 23.7 Å². The minimum absolute atomic E-state index is 0.0734. The molecule has 0 amide bonds. The van der Waals surface area contributed by atoms with Gasteiger partial charge in [0.25, 0.3) is 0 Å². The van der Waals surface area contributed by atoms with E-state index >= 15 is 0 Å². The van der Waals surface area contributed by atoms with Crippen LogP contribution in [0.5, 0.6) is 11.5 Å². The zero-order chi connectivity index (χ0) is 20.2. The zero-order valence-electron chi connectivity index (χ0n) is 15.0. The highest BCUT2D eigenvalue weighted by Crippen LogP contribution is 2.40. The van der Waals surface area contributed by atoms with E-state index in [-0.39, 0.29) is 5.96 Å². The van der Waals surface area contributed by atoms with Crippen LogP contribution in [0.4, 0.5) is 19.1 Å². The van der Waals surface area contributed by atoms with Crippen molar-refractivity contribution < 1.29 is 22.6 Å². The second-order valence-electron chi connectivity index (χ2n) is 6.78. The summed E-state index contributed by atoms with van der Waals surface area (Å²) >= 11 is 0. The number of aliphatic imine (C=N–C) groups is 1. The molecule has 150 valence electrons. The lowest BCUT2D eigenvalue weighted by Gasteiger charge is -2.24. The number of ether oxygens (including phenoxy) is 2. The number of anilines is 1. The van der Waals surface area contributed by atoms with Gasteiger partial charge in [0.05, 0.1) is 29.8 Å². The van der Waals surface area contributed by atoms with Crippen LogP contribution < -0.4 is 20.5 Å². The first kappa shape index (κ1) is 17.7. The molecule has 1 aromatic heterocycles. The van der Waals surface area contributed by atoms with Gasteiger partial charge in [0.1, 0.15) is 0 Å². The third-order valence-corrected chi connectivity index (χ3v) is 4.82. The van der Waals surface area contributed by atoms with E-state index in [1.165, 1.54) is 6.07 Å². The summed E-state index contributed by atoms with van der Waals surface area (Å²) < 4.78 is 52.8. The van der Waals surface area contributed by atoms with Crippen molar-refractivity contribution in [2.24, 2.45) is 10.7 Å². The van der Waals surface area contributed by atoms with Gasteiger partial charge >= 0.3 is 6.18 Å². The molecule has 0 saturated heterocycles. The summed E-state index contributed by atoms with van der Waals surface area (Å²) in [6.45, 7) is 1.05. The van der Waals surface area contributed by atoms with Crippen molar-refractivity contribution in [1.29, 1.82) is 0 Å². The zero-order valence-corrected chi connectivity index (χ0v) is 15.0. The van der Waals surface area contributed by atoms with Crippen molar-refractivity contribution >= 4 is 22.9 Å². The molecule has 7 nitrogen and oxygen atoms in total. The van der Waals surface area contributed by atoms with E-state index < -0.39 is 17.9 Å². The fraction of sp³-hybridized carbons (Fsp3) is 0.263. The monoisotopic (exact) mass is 403 g/mol. The lowest BCUT2D eigenvalue weighted by molar-refractivity contribution is -0.137. The quantitative estimate of drug-likeness (QED) is 0.650. The second-order valence-corrected chi connectivity index (χ2v) is 6.78. The van der Waals surface area contributed by atoms with Gasteiger partial charge in [0, 0.05) is 18.6 Å². The fourth-order valence-electron chi connectivity index (χ4n) is 3.52. The molecule has 3 heterocycles. The Labute approximate surface area is 162 Å². The predicted octanol–water partition coefficient (Wildman–Crippen LogP) is 3.50. The van der Waals surface area contributed by atoms with Crippen LogP contribution in [-0.4, -0.2) is 28.7 Å². The highest BCUT2D eigenvalue weighted by Gasteiger charge is 2.32. The van der Waals surface area contributed by atoms with Gasteiger partial charge in [-0.25, -0.2) is 9.98 Å². The van der Waals surface area contributed by atoms with Crippen LogP contribution in [-0.2, 0) is 6.18 Å². The van der Waals surface area contributed by atoms with Crippen LogP contribution in [0, 0.1) is 0 Å². The van der Waals surface area contributed by atoms with E-state index in [0.717, 1.165) is 18.6 Å². The molecule has 2 aliphatic heterocycles. The first-order valence-electron chi connectivity index (χ1n) is 8.99. The summed E-state index contributed by atoms with van der Waals surface area (Å²) in [6.07, 6.45) is -4.50. The summed E-state index contributed by atoms with van der Waals surface area (Å²) in [6, 6.07) is 8.56. The van der Waals surface area contributed by atoms with Gasteiger partial charge < -0.3 is 15.2 Å². The maximum atomic E-state index is 13.2. The van der Waals surface area contributed by atoms with Crippen molar-refractivity contribution in [2.45, 2.75) is 18.8 Å². The number of halogens is 3. The van der Waals surface area contributed by atoms with Crippen molar-refractivity contribution in [1.82, 2.24) is 9.55 Å². The Morgan fingerprint density at radius 3 is 2.62 bits per heavy atom. The lowest BCUT2D eigenvalue weighted by Crippen LogP contribution is -2.31. The minimum atomic E-state index is -4.46. The largest absolute Gasteiger partial charge is 0.489 e. The number of guanidine groups is 1. The van der Waals surface area contributed by atoms with Gasteiger partial charge in [0.15, 0.2) is 23.6 Å². The third-order valence-electron chi connectivity index (χ3n) is 4.82. The summed E-state index contributed by atoms with van der Waals surface area (Å²) in [5.74, 6) is 1.59. The molecule has 3 N–H and O–H groups in total. The van der Waals surface area contributed by atoms with E-state index in [1.54, 1.807) is 22.8 Å². The summed E-state index contributed by atoms with van der Waals surface area (Å²) in [5, 5.41) is 2.87. The molecule has 0 bridgehead atoms. The van der Waals surface area contributed by atoms with Crippen LogP contribution in [0.25, 0.3) is 11.0 Å². The summed E-state index contributed by atoms with van der Waals surface area (Å²) in [4.78, 5) is 8.86. The number of hydrogen-bond donors (Lipinski definition) is 2. The average molecular weight is 403 g/mol. The maximum Gasteiger partial charge on any atom is 0.416 e. The van der Waals surface area contributed by atoms with Crippen LogP contribution in [0.15, 0.2) is 41.4 Å². The second kappa shape index (κ2) is 6.29. The summed E-state index contributed by atoms with van der Waals surface area (Å²) in [7, 11) is 0. The lowest BCUT2D eigenvalue weighted by atomic mass is 10.1. The fourth-order valence-corrected chi connectivity index (χ4v) is 3.52. The first-order chi connectivity index (χ1) is 13.9. The Balaban J connectivity index is 1.68. The normalized spacial score (nSPS) is 18.6. The number of rotatable bonds is 1. The van der Waals surface area contributed by atoms with Gasteiger partial charge in [-0.05, 0) is 17.7 Å². The molecule has 0 unspecified atom stereocenters. The number of benzene rings is 2. The molecule has 5 rings (SSSR count). The summed E-state index contributed by atoms with van der Waals surface area (Å²) in [5.41, 5.74) is 6.72. The molecule has 0 aliphatic carbocycles. The molecular formula is C19H16F3N5O2. The molecule has 2 aromatic carbocycles. The molecule has 29 heavy (non-hydrogen) atoms. The van der Waals surface area contributed by atoms with Gasteiger partial charge in [-0.2, -0.15) is 13.2 Å². The number of nitrogens with one attached hydrogen (secondary N) is 1. The van der Waals surface area contributed by atoms with Crippen molar-refractivity contribution in [3.8, 4) is 11.5 Å². The van der Waals surface area contributed by atoms with Crippen LogP contribution in [0.3, 0.4) is 0 Å². The number of imidazole rings is 1. The van der Waals surface area contributed by atoms with Crippen LogP contribution >= 0.6 is 0 Å². The van der Waals surface area contributed by atoms with Crippen molar-refractivity contribution in [3.05, 3.63) is 47.5 Å². The van der Waals surface area contributed by atoms with Crippen molar-refractivity contribution in [3.63, 3.8) is 0 Å². The standard InChI is InChI=1S/C19H16F3N5O2/c20-19(21,22)11-4-1-3-10(7-11)16-25-17(23)26-18-24-12-8-14-15(9-13(12)27(16)18)29-6-2-5-28-14/h1,3-4,7-9,16H,2,5-6H2,(H3,23,24,25,26)/t16-/m1/s1. The SMILES string of the molecule is NC1=N[C@@H](c2cccc(C(F)(F)F)c2)n2c(nc3cc4c(cc32)OCCCO4)N1. The van der Waals surface area contributed by atoms with Crippen LogP contribution in [0.2, 0.25) is 0 Å². The van der Waals surface area contributed by atoms with Crippen molar-refractivity contribution in [2.75, 3.05) is 18.5 Å².